The molecule has 2 heterocycles. The van der Waals surface area contributed by atoms with Gasteiger partial charge < -0.3 is 24.6 Å². The van der Waals surface area contributed by atoms with Crippen molar-refractivity contribution in [3.8, 4) is 11.5 Å². The van der Waals surface area contributed by atoms with E-state index in [1.54, 1.807) is 19.2 Å². The maximum Gasteiger partial charge on any atom is 0.265 e. The van der Waals surface area contributed by atoms with Crippen LogP contribution in [-0.4, -0.2) is 56.1 Å². The number of hydrogen-bond acceptors (Lipinski definition) is 5. The topological polar surface area (TPSA) is 71.1 Å². The Balaban J connectivity index is 1.49. The van der Waals surface area contributed by atoms with Crippen molar-refractivity contribution in [3.63, 3.8) is 0 Å². The average molecular weight is 409 g/mol. The fourth-order valence-corrected chi connectivity index (χ4v) is 4.01. The second-order valence-corrected chi connectivity index (χ2v) is 7.59. The SMILES string of the molecule is COc1ccccc1NC(=O)CN1C[C@@H](C(=O)N2CCCCC2)Oc2ccccc21. The third-order valence-corrected chi connectivity index (χ3v) is 5.52. The molecular weight excluding hydrogens is 382 g/mol. The first kappa shape index (κ1) is 20.1. The molecule has 1 fully saturated rings. The monoisotopic (exact) mass is 409 g/mol. The molecule has 2 aliphatic heterocycles. The number of likely N-dealkylation sites (tertiary alicyclic amines) is 1. The predicted octanol–water partition coefficient (Wildman–Crippen LogP) is 2.91. The summed E-state index contributed by atoms with van der Waals surface area (Å²) in [7, 11) is 1.57. The third kappa shape index (κ3) is 4.35. The highest BCUT2D eigenvalue weighted by molar-refractivity contribution is 5.96. The van der Waals surface area contributed by atoms with Crippen LogP contribution < -0.4 is 19.7 Å². The molecule has 2 aromatic carbocycles. The second kappa shape index (κ2) is 9.07. The number of nitrogens with zero attached hydrogens (tertiary/aromatic N) is 2. The molecule has 2 amide bonds. The zero-order chi connectivity index (χ0) is 20.9. The van der Waals surface area contributed by atoms with Crippen LogP contribution in [0.25, 0.3) is 0 Å². The molecule has 0 bridgehead atoms. The van der Waals surface area contributed by atoms with Gasteiger partial charge in [-0.25, -0.2) is 0 Å². The largest absolute Gasteiger partial charge is 0.495 e. The van der Waals surface area contributed by atoms with Crippen LogP contribution in [0.3, 0.4) is 0 Å². The van der Waals surface area contributed by atoms with Crippen molar-refractivity contribution in [2.45, 2.75) is 25.4 Å². The minimum absolute atomic E-state index is 0.000611. The van der Waals surface area contributed by atoms with Gasteiger partial charge in [-0.2, -0.15) is 0 Å². The molecule has 4 rings (SSSR count). The molecular formula is C23H27N3O4. The summed E-state index contributed by atoms with van der Waals surface area (Å²) < 4.78 is 11.3. The highest BCUT2D eigenvalue weighted by Gasteiger charge is 2.34. The molecule has 158 valence electrons. The maximum atomic E-state index is 13.0. The van der Waals surface area contributed by atoms with Crippen LogP contribution in [0, 0.1) is 0 Å². The van der Waals surface area contributed by atoms with Gasteiger partial charge in [0.2, 0.25) is 5.91 Å². The standard InChI is InChI=1S/C23H27N3O4/c1-29-19-11-5-3-9-17(19)24-22(27)16-26-15-21(23(28)25-13-7-2-8-14-25)30-20-12-6-4-10-18(20)26/h3-6,9-12,21H,2,7-8,13-16H2,1H3,(H,24,27)/t21-/m0/s1. The fraction of sp³-hybridized carbons (Fsp3) is 0.391. The summed E-state index contributed by atoms with van der Waals surface area (Å²) in [5, 5.41) is 2.91. The number of fused-ring (bicyclic) bond motifs is 1. The maximum absolute atomic E-state index is 13.0. The second-order valence-electron chi connectivity index (χ2n) is 7.59. The van der Waals surface area contributed by atoms with Crippen LogP contribution in [0.2, 0.25) is 0 Å². The molecule has 1 N–H and O–H groups in total. The summed E-state index contributed by atoms with van der Waals surface area (Å²) in [5.74, 6) is 1.05. The van der Waals surface area contributed by atoms with Gasteiger partial charge in [-0.05, 0) is 43.5 Å². The molecule has 0 spiro atoms. The van der Waals surface area contributed by atoms with Gasteiger partial charge in [0.25, 0.3) is 5.91 Å². The van der Waals surface area contributed by atoms with Crippen molar-refractivity contribution in [1.82, 2.24) is 4.90 Å². The molecule has 1 saturated heterocycles. The molecule has 0 aliphatic carbocycles. The average Bonchev–Trinajstić information content (AvgIpc) is 2.79. The first-order valence-corrected chi connectivity index (χ1v) is 10.4. The summed E-state index contributed by atoms with van der Waals surface area (Å²) in [5.41, 5.74) is 1.43. The van der Waals surface area contributed by atoms with Gasteiger partial charge in [-0.1, -0.05) is 24.3 Å². The molecule has 1 atom stereocenters. The zero-order valence-electron chi connectivity index (χ0n) is 17.2. The van der Waals surface area contributed by atoms with Crippen molar-refractivity contribution in [1.29, 1.82) is 0 Å². The lowest BCUT2D eigenvalue weighted by Gasteiger charge is -2.38. The van der Waals surface area contributed by atoms with Crippen molar-refractivity contribution in [2.75, 3.05) is 43.5 Å². The summed E-state index contributed by atoms with van der Waals surface area (Å²) in [4.78, 5) is 29.6. The van der Waals surface area contributed by atoms with E-state index in [1.165, 1.54) is 0 Å². The Kier molecular flexibility index (Phi) is 6.07. The minimum atomic E-state index is -0.614. The summed E-state index contributed by atoms with van der Waals surface area (Å²) in [6, 6.07) is 14.8. The van der Waals surface area contributed by atoms with Crippen LogP contribution >= 0.6 is 0 Å². The molecule has 2 aliphatic rings. The van der Waals surface area contributed by atoms with E-state index >= 15 is 0 Å². The fourth-order valence-electron chi connectivity index (χ4n) is 4.01. The Bertz CT molecular complexity index is 911. The van der Waals surface area contributed by atoms with Crippen LogP contribution in [-0.2, 0) is 9.59 Å². The normalized spacial score (nSPS) is 18.2. The van der Waals surface area contributed by atoms with Crippen LogP contribution in [0.5, 0.6) is 11.5 Å². The number of anilines is 2. The third-order valence-electron chi connectivity index (χ3n) is 5.52. The van der Waals surface area contributed by atoms with Crippen LogP contribution in [0.4, 0.5) is 11.4 Å². The highest BCUT2D eigenvalue weighted by atomic mass is 16.5. The first-order chi connectivity index (χ1) is 14.7. The molecule has 0 radical (unpaired) electrons. The number of nitrogens with one attached hydrogen (secondary N) is 1. The molecule has 7 nitrogen and oxygen atoms in total. The molecule has 0 saturated carbocycles. The van der Waals surface area contributed by atoms with Gasteiger partial charge in [-0.15, -0.1) is 0 Å². The van der Waals surface area contributed by atoms with E-state index in [1.807, 2.05) is 46.2 Å². The number of hydrogen-bond donors (Lipinski definition) is 1. The van der Waals surface area contributed by atoms with Crippen molar-refractivity contribution >= 4 is 23.2 Å². The Morgan fingerprint density at radius 1 is 1.07 bits per heavy atom. The van der Waals surface area contributed by atoms with E-state index in [-0.39, 0.29) is 18.4 Å². The van der Waals surface area contributed by atoms with Gasteiger partial charge in [-0.3, -0.25) is 9.59 Å². The van der Waals surface area contributed by atoms with E-state index in [9.17, 15) is 9.59 Å². The van der Waals surface area contributed by atoms with Crippen LogP contribution in [0.15, 0.2) is 48.5 Å². The molecule has 0 unspecified atom stereocenters. The zero-order valence-corrected chi connectivity index (χ0v) is 17.2. The van der Waals surface area contributed by atoms with Crippen LogP contribution in [0.1, 0.15) is 19.3 Å². The highest BCUT2D eigenvalue weighted by Crippen LogP contribution is 2.33. The summed E-state index contributed by atoms with van der Waals surface area (Å²) >= 11 is 0. The number of amides is 2. The number of carbonyl (C=O) groups is 2. The summed E-state index contributed by atoms with van der Waals surface area (Å²) in [6.07, 6.45) is 2.60. The van der Waals surface area contributed by atoms with E-state index in [0.717, 1.165) is 38.0 Å². The molecule has 30 heavy (non-hydrogen) atoms. The lowest BCUT2D eigenvalue weighted by atomic mass is 10.1. The van der Waals surface area contributed by atoms with E-state index in [2.05, 4.69) is 5.32 Å². The van der Waals surface area contributed by atoms with E-state index < -0.39 is 6.10 Å². The molecule has 0 aromatic heterocycles. The van der Waals surface area contributed by atoms with Gasteiger partial charge >= 0.3 is 0 Å². The lowest BCUT2D eigenvalue weighted by molar-refractivity contribution is -0.139. The number of methoxy groups -OCH3 is 1. The Hall–Kier alpha value is -3.22. The summed E-state index contributed by atoms with van der Waals surface area (Å²) in [6.45, 7) is 2.00. The van der Waals surface area contributed by atoms with Gasteiger partial charge in [0.15, 0.2) is 6.10 Å². The number of rotatable bonds is 5. The minimum Gasteiger partial charge on any atom is -0.495 e. The van der Waals surface area contributed by atoms with Gasteiger partial charge in [0, 0.05) is 13.1 Å². The predicted molar refractivity (Wildman–Crippen MR) is 115 cm³/mol. The Morgan fingerprint density at radius 2 is 1.80 bits per heavy atom. The quantitative estimate of drug-likeness (QED) is 0.822. The molecule has 2 aromatic rings. The number of carbonyl (C=O) groups excluding carboxylic acids is 2. The van der Waals surface area contributed by atoms with E-state index in [0.29, 0.717) is 23.7 Å². The number of piperidine rings is 1. The van der Waals surface area contributed by atoms with Crippen molar-refractivity contribution in [2.24, 2.45) is 0 Å². The smallest absolute Gasteiger partial charge is 0.265 e. The van der Waals surface area contributed by atoms with Gasteiger partial charge in [0.05, 0.1) is 31.6 Å². The number of para-hydroxylation sites is 4. The number of benzene rings is 2. The first-order valence-electron chi connectivity index (χ1n) is 10.4. The Labute approximate surface area is 176 Å². The lowest BCUT2D eigenvalue weighted by Crippen LogP contribution is -2.52. The molecule has 7 heteroatoms. The Morgan fingerprint density at radius 3 is 2.60 bits per heavy atom. The van der Waals surface area contributed by atoms with Crippen molar-refractivity contribution in [3.05, 3.63) is 48.5 Å². The van der Waals surface area contributed by atoms with Gasteiger partial charge in [0.1, 0.15) is 11.5 Å². The van der Waals surface area contributed by atoms with E-state index in [4.69, 9.17) is 9.47 Å². The number of ether oxygens (including phenoxy) is 2. The van der Waals surface area contributed by atoms with Crippen molar-refractivity contribution < 1.29 is 19.1 Å².